The molecule has 0 aliphatic heterocycles. The molecular weight excluding hydrogens is 625 g/mol. The van der Waals surface area contributed by atoms with E-state index in [0.29, 0.717) is 5.95 Å². The molecule has 0 unspecified atom stereocenters. The van der Waals surface area contributed by atoms with Gasteiger partial charge in [0, 0.05) is 38.2 Å². The summed E-state index contributed by atoms with van der Waals surface area (Å²) in [4.78, 5) is 10.8. The molecular formula is C45H34N4Si. The molecule has 3 heterocycles. The minimum atomic E-state index is -1.72. The van der Waals surface area contributed by atoms with Crippen LogP contribution in [0.4, 0.5) is 0 Å². The van der Waals surface area contributed by atoms with E-state index in [4.69, 9.17) is 9.97 Å². The first-order valence-corrected chi connectivity index (χ1v) is 20.8. The highest BCUT2D eigenvalue weighted by molar-refractivity contribution is 6.90. The van der Waals surface area contributed by atoms with Crippen LogP contribution < -0.4 is 5.19 Å². The number of hydrogen-bond acceptors (Lipinski definition) is 2. The lowest BCUT2D eigenvalue weighted by atomic mass is 10.0. The standard InChI is InChI=1S/C45H34N4Si/c1-50(2,3)42-28-41-43(33-19-8-7-18-32(33)42)35-21-11-14-24-39(35)49(41)45-46-37-22-12-9-20-34(37)44(47-45)29-25-26-40-36(27-29)31-17-10-13-23-38(31)48(40)30-15-5-4-6-16-30/h4-28H,1-3H3. The average Bonchev–Trinajstić information content (AvgIpc) is 3.67. The monoisotopic (exact) mass is 658 g/mol. The Balaban J connectivity index is 1.29. The number of hydrogen-bond donors (Lipinski definition) is 0. The SMILES string of the molecule is C[Si](C)(C)c1cc2c(c3ccccc13)c1ccccc1n2-c1nc(-c2ccc3c(c2)c2ccccc2n3-c2ccccc2)c2ccccc2n1. The van der Waals surface area contributed by atoms with Crippen molar-refractivity contribution in [2.75, 3.05) is 0 Å². The quantitative estimate of drug-likeness (QED) is 0.176. The Kier molecular flexibility index (Phi) is 6.21. The van der Waals surface area contributed by atoms with Gasteiger partial charge >= 0.3 is 0 Å². The molecule has 7 aromatic carbocycles. The van der Waals surface area contributed by atoms with Crippen molar-refractivity contribution >= 4 is 78.5 Å². The van der Waals surface area contributed by atoms with Gasteiger partial charge in [0.05, 0.1) is 41.4 Å². The van der Waals surface area contributed by atoms with Gasteiger partial charge in [0.15, 0.2) is 0 Å². The fourth-order valence-electron chi connectivity index (χ4n) is 8.03. The Labute approximate surface area is 290 Å². The lowest BCUT2D eigenvalue weighted by molar-refractivity contribution is 1.01. The van der Waals surface area contributed by atoms with Gasteiger partial charge in [0.25, 0.3) is 0 Å². The van der Waals surface area contributed by atoms with Crippen LogP contribution in [-0.4, -0.2) is 27.2 Å². The summed E-state index contributed by atoms with van der Waals surface area (Å²) in [5.41, 5.74) is 8.72. The summed E-state index contributed by atoms with van der Waals surface area (Å²) in [5.74, 6) is 0.688. The molecule has 10 aromatic rings. The maximum Gasteiger partial charge on any atom is 0.235 e. The minimum absolute atomic E-state index is 0.688. The zero-order valence-corrected chi connectivity index (χ0v) is 29.2. The van der Waals surface area contributed by atoms with Gasteiger partial charge in [-0.15, -0.1) is 0 Å². The van der Waals surface area contributed by atoms with Gasteiger partial charge in [-0.2, -0.15) is 0 Å². The van der Waals surface area contributed by atoms with Crippen LogP contribution in [0.2, 0.25) is 19.6 Å². The predicted octanol–water partition coefficient (Wildman–Crippen LogP) is 11.2. The molecule has 0 bridgehead atoms. The molecule has 4 nitrogen and oxygen atoms in total. The van der Waals surface area contributed by atoms with Crippen LogP contribution in [0.25, 0.3) is 88.2 Å². The van der Waals surface area contributed by atoms with Crippen LogP contribution in [0.15, 0.2) is 152 Å². The van der Waals surface area contributed by atoms with E-state index < -0.39 is 8.07 Å². The summed E-state index contributed by atoms with van der Waals surface area (Å²) in [6.45, 7) is 7.30. The molecule has 0 aliphatic rings. The summed E-state index contributed by atoms with van der Waals surface area (Å²) in [6.07, 6.45) is 0. The fraction of sp³-hybridized carbons (Fsp3) is 0.0667. The molecule has 50 heavy (non-hydrogen) atoms. The molecule has 5 heteroatoms. The van der Waals surface area contributed by atoms with Gasteiger partial charge < -0.3 is 4.57 Å². The number of nitrogens with zero attached hydrogens (tertiary/aromatic N) is 4. The predicted molar refractivity (Wildman–Crippen MR) is 214 cm³/mol. The van der Waals surface area contributed by atoms with Gasteiger partial charge in [-0.25, -0.2) is 9.97 Å². The molecule has 0 aliphatic carbocycles. The van der Waals surface area contributed by atoms with Crippen LogP contribution >= 0.6 is 0 Å². The van der Waals surface area contributed by atoms with Crippen molar-refractivity contribution < 1.29 is 0 Å². The van der Waals surface area contributed by atoms with Crippen molar-refractivity contribution in [2.45, 2.75) is 19.6 Å². The second kappa shape index (κ2) is 10.7. The van der Waals surface area contributed by atoms with Gasteiger partial charge in [0.2, 0.25) is 5.95 Å². The third-order valence-electron chi connectivity index (χ3n) is 10.2. The summed E-state index contributed by atoms with van der Waals surface area (Å²) < 4.78 is 4.66. The Morgan fingerprint density at radius 2 is 1.04 bits per heavy atom. The average molecular weight is 659 g/mol. The lowest BCUT2D eigenvalue weighted by Gasteiger charge is -2.20. The second-order valence-corrected chi connectivity index (χ2v) is 19.3. The van der Waals surface area contributed by atoms with E-state index in [1.54, 1.807) is 0 Å². The first-order valence-electron chi connectivity index (χ1n) is 17.3. The molecule has 0 amide bonds. The topological polar surface area (TPSA) is 35.6 Å². The summed E-state index contributed by atoms with van der Waals surface area (Å²) in [6, 6.07) is 54.6. The summed E-state index contributed by atoms with van der Waals surface area (Å²) in [7, 11) is -1.72. The van der Waals surface area contributed by atoms with Crippen molar-refractivity contribution in [3.63, 3.8) is 0 Å². The Morgan fingerprint density at radius 3 is 1.80 bits per heavy atom. The number of benzene rings is 7. The van der Waals surface area contributed by atoms with Gasteiger partial charge in [-0.3, -0.25) is 4.57 Å². The lowest BCUT2D eigenvalue weighted by Crippen LogP contribution is -2.38. The smallest absolute Gasteiger partial charge is 0.235 e. The molecule has 0 N–H and O–H groups in total. The van der Waals surface area contributed by atoms with Gasteiger partial charge in [0.1, 0.15) is 0 Å². The Morgan fingerprint density at radius 1 is 0.440 bits per heavy atom. The van der Waals surface area contributed by atoms with E-state index in [9.17, 15) is 0 Å². The van der Waals surface area contributed by atoms with Gasteiger partial charge in [-0.05, 0) is 59.3 Å². The first kappa shape index (κ1) is 28.9. The van der Waals surface area contributed by atoms with Crippen LogP contribution in [0.1, 0.15) is 0 Å². The molecule has 0 spiro atoms. The van der Waals surface area contributed by atoms with E-state index in [2.05, 4.69) is 180 Å². The van der Waals surface area contributed by atoms with Crippen LogP contribution in [-0.2, 0) is 0 Å². The van der Waals surface area contributed by atoms with E-state index in [0.717, 1.165) is 38.9 Å². The number of rotatable bonds is 4. The Hall–Kier alpha value is -6.04. The first-order chi connectivity index (χ1) is 24.5. The van der Waals surface area contributed by atoms with Crippen molar-refractivity contribution in [2.24, 2.45) is 0 Å². The highest BCUT2D eigenvalue weighted by atomic mass is 28.3. The van der Waals surface area contributed by atoms with Crippen molar-refractivity contribution in [3.8, 4) is 22.9 Å². The third-order valence-corrected chi connectivity index (χ3v) is 12.3. The van der Waals surface area contributed by atoms with Crippen LogP contribution in [0.5, 0.6) is 0 Å². The van der Waals surface area contributed by atoms with Crippen molar-refractivity contribution in [1.29, 1.82) is 0 Å². The number of fused-ring (bicyclic) bond motifs is 9. The largest absolute Gasteiger partial charge is 0.309 e. The molecule has 0 atom stereocenters. The zero-order chi connectivity index (χ0) is 33.6. The molecule has 10 rings (SSSR count). The van der Waals surface area contributed by atoms with E-state index in [-0.39, 0.29) is 0 Å². The van der Waals surface area contributed by atoms with Crippen molar-refractivity contribution in [1.82, 2.24) is 19.1 Å². The molecule has 3 aromatic heterocycles. The molecule has 0 saturated carbocycles. The molecule has 0 fully saturated rings. The fourth-order valence-corrected chi connectivity index (χ4v) is 9.62. The Bertz CT molecular complexity index is 2960. The highest BCUT2D eigenvalue weighted by Gasteiger charge is 2.25. The summed E-state index contributed by atoms with van der Waals surface area (Å²) >= 11 is 0. The van der Waals surface area contributed by atoms with Crippen LogP contribution in [0, 0.1) is 0 Å². The highest BCUT2D eigenvalue weighted by Crippen LogP contribution is 2.39. The second-order valence-electron chi connectivity index (χ2n) is 14.3. The molecule has 238 valence electrons. The molecule has 0 radical (unpaired) electrons. The van der Waals surface area contributed by atoms with E-state index in [1.807, 2.05) is 0 Å². The van der Waals surface area contributed by atoms with E-state index in [1.165, 1.54) is 48.5 Å². The maximum atomic E-state index is 5.49. The van der Waals surface area contributed by atoms with Crippen LogP contribution in [0.3, 0.4) is 0 Å². The zero-order valence-electron chi connectivity index (χ0n) is 28.2. The normalized spacial score (nSPS) is 12.3. The maximum absolute atomic E-state index is 5.49. The van der Waals surface area contributed by atoms with E-state index >= 15 is 0 Å². The molecule has 0 saturated heterocycles. The number of aromatic nitrogens is 4. The van der Waals surface area contributed by atoms with Gasteiger partial charge in [-0.1, -0.05) is 128 Å². The number of para-hydroxylation sites is 4. The summed E-state index contributed by atoms with van der Waals surface area (Å²) in [5, 5.41) is 10.0. The third kappa shape index (κ3) is 4.23. The minimum Gasteiger partial charge on any atom is -0.309 e. The van der Waals surface area contributed by atoms with Crippen molar-refractivity contribution in [3.05, 3.63) is 152 Å².